The summed E-state index contributed by atoms with van der Waals surface area (Å²) < 4.78 is 4.90. The van der Waals surface area contributed by atoms with Gasteiger partial charge in [0, 0.05) is 12.6 Å². The number of hydrogen-bond acceptors (Lipinski definition) is 4. The number of nitrogens with zero attached hydrogens (tertiary/aromatic N) is 1. The molecule has 0 amide bonds. The van der Waals surface area contributed by atoms with Gasteiger partial charge in [0.2, 0.25) is 0 Å². The molecule has 5 heteroatoms. The summed E-state index contributed by atoms with van der Waals surface area (Å²) in [6.45, 7) is 5.32. The van der Waals surface area contributed by atoms with E-state index < -0.39 is 0 Å². The van der Waals surface area contributed by atoms with Gasteiger partial charge in [-0.2, -0.15) is 0 Å². The number of carbonyl (C=O) groups excluding carboxylic acids is 1. The molecule has 0 saturated carbocycles. The fourth-order valence-electron chi connectivity index (χ4n) is 1.93. The maximum absolute atomic E-state index is 11.2. The van der Waals surface area contributed by atoms with Crippen molar-refractivity contribution in [1.82, 2.24) is 10.2 Å². The quantitative estimate of drug-likeness (QED) is 0.741. The first-order chi connectivity index (χ1) is 7.24. The Morgan fingerprint density at radius 1 is 1.44 bits per heavy atom. The van der Waals surface area contributed by atoms with Gasteiger partial charge in [-0.1, -0.05) is 0 Å². The zero-order valence-electron chi connectivity index (χ0n) is 10.2. The SMILES string of the molecule is CCOC(=O)CCN(C)C1CCNCC1.Cl. The van der Waals surface area contributed by atoms with Crippen molar-refractivity contribution >= 4 is 18.4 Å². The topological polar surface area (TPSA) is 41.6 Å². The molecule has 0 aromatic heterocycles. The molecule has 0 radical (unpaired) electrons. The maximum Gasteiger partial charge on any atom is 0.307 e. The highest BCUT2D eigenvalue weighted by Gasteiger charge is 2.18. The van der Waals surface area contributed by atoms with Crippen LogP contribution in [0, 0.1) is 0 Å². The highest BCUT2D eigenvalue weighted by molar-refractivity contribution is 5.85. The summed E-state index contributed by atoms with van der Waals surface area (Å²) in [6.07, 6.45) is 2.87. The van der Waals surface area contributed by atoms with Crippen LogP contribution >= 0.6 is 12.4 Å². The van der Waals surface area contributed by atoms with Crippen LogP contribution in [-0.4, -0.2) is 50.2 Å². The Labute approximate surface area is 104 Å². The monoisotopic (exact) mass is 250 g/mol. The zero-order chi connectivity index (χ0) is 11.1. The number of rotatable bonds is 5. The lowest BCUT2D eigenvalue weighted by atomic mass is 10.1. The molecule has 0 aromatic rings. The van der Waals surface area contributed by atoms with E-state index in [1.54, 1.807) is 0 Å². The number of ether oxygens (including phenoxy) is 1. The highest BCUT2D eigenvalue weighted by atomic mass is 35.5. The summed E-state index contributed by atoms with van der Waals surface area (Å²) in [5, 5.41) is 3.34. The van der Waals surface area contributed by atoms with Crippen molar-refractivity contribution in [2.45, 2.75) is 32.2 Å². The van der Waals surface area contributed by atoms with E-state index in [1.165, 1.54) is 12.8 Å². The van der Waals surface area contributed by atoms with E-state index in [4.69, 9.17) is 4.74 Å². The van der Waals surface area contributed by atoms with Gasteiger partial charge in [-0.05, 0) is 39.9 Å². The van der Waals surface area contributed by atoms with Crippen molar-refractivity contribution in [3.8, 4) is 0 Å². The van der Waals surface area contributed by atoms with E-state index in [9.17, 15) is 4.79 Å². The second-order valence-corrected chi connectivity index (χ2v) is 4.02. The van der Waals surface area contributed by atoms with Gasteiger partial charge in [0.15, 0.2) is 0 Å². The van der Waals surface area contributed by atoms with Crippen molar-refractivity contribution in [2.75, 3.05) is 33.3 Å². The first-order valence-electron chi connectivity index (χ1n) is 5.80. The molecule has 1 heterocycles. The van der Waals surface area contributed by atoms with Crippen molar-refractivity contribution in [1.29, 1.82) is 0 Å². The van der Waals surface area contributed by atoms with Crippen molar-refractivity contribution in [3.63, 3.8) is 0 Å². The van der Waals surface area contributed by atoms with E-state index in [0.717, 1.165) is 19.6 Å². The number of halogens is 1. The number of piperidine rings is 1. The summed E-state index contributed by atoms with van der Waals surface area (Å²) in [4.78, 5) is 13.4. The molecule has 1 saturated heterocycles. The summed E-state index contributed by atoms with van der Waals surface area (Å²) >= 11 is 0. The van der Waals surface area contributed by atoms with Crippen LogP contribution in [0.15, 0.2) is 0 Å². The molecule has 1 aliphatic heterocycles. The molecule has 96 valence electrons. The fraction of sp³-hybridized carbons (Fsp3) is 0.909. The summed E-state index contributed by atoms with van der Waals surface area (Å²) in [5.74, 6) is -0.0849. The molecule has 1 N–H and O–H groups in total. The minimum absolute atomic E-state index is 0. The van der Waals surface area contributed by atoms with Crippen LogP contribution in [0.5, 0.6) is 0 Å². The molecule has 0 atom stereocenters. The number of carbonyl (C=O) groups is 1. The van der Waals surface area contributed by atoms with E-state index in [1.807, 2.05) is 6.92 Å². The number of nitrogens with one attached hydrogen (secondary N) is 1. The van der Waals surface area contributed by atoms with Crippen LogP contribution in [0.1, 0.15) is 26.2 Å². The van der Waals surface area contributed by atoms with Gasteiger partial charge >= 0.3 is 5.97 Å². The van der Waals surface area contributed by atoms with Gasteiger partial charge in [0.1, 0.15) is 0 Å². The molecule has 0 unspecified atom stereocenters. The van der Waals surface area contributed by atoms with Crippen LogP contribution < -0.4 is 5.32 Å². The average molecular weight is 251 g/mol. The Bertz CT molecular complexity index is 196. The van der Waals surface area contributed by atoms with E-state index in [0.29, 0.717) is 19.1 Å². The molecule has 0 aliphatic carbocycles. The largest absolute Gasteiger partial charge is 0.466 e. The van der Waals surface area contributed by atoms with E-state index in [2.05, 4.69) is 17.3 Å². The normalized spacial score (nSPS) is 16.9. The molecule has 0 bridgehead atoms. The van der Waals surface area contributed by atoms with E-state index >= 15 is 0 Å². The van der Waals surface area contributed by atoms with Crippen LogP contribution in [0.3, 0.4) is 0 Å². The third-order valence-electron chi connectivity index (χ3n) is 2.91. The summed E-state index contributed by atoms with van der Waals surface area (Å²) in [6, 6.07) is 0.626. The molecule has 1 rings (SSSR count). The Hall–Kier alpha value is -0.320. The van der Waals surface area contributed by atoms with Gasteiger partial charge in [-0.3, -0.25) is 4.79 Å². The second kappa shape index (κ2) is 8.79. The maximum atomic E-state index is 11.2. The lowest BCUT2D eigenvalue weighted by molar-refractivity contribution is -0.143. The Morgan fingerprint density at radius 2 is 2.06 bits per heavy atom. The van der Waals surface area contributed by atoms with Crippen molar-refractivity contribution < 1.29 is 9.53 Å². The Morgan fingerprint density at radius 3 is 2.62 bits per heavy atom. The first kappa shape index (κ1) is 15.7. The third kappa shape index (κ3) is 5.68. The van der Waals surface area contributed by atoms with Crippen molar-refractivity contribution in [3.05, 3.63) is 0 Å². The first-order valence-corrected chi connectivity index (χ1v) is 5.80. The highest BCUT2D eigenvalue weighted by Crippen LogP contribution is 2.09. The molecule has 4 nitrogen and oxygen atoms in total. The smallest absolute Gasteiger partial charge is 0.307 e. The number of esters is 1. The minimum atomic E-state index is -0.0849. The van der Waals surface area contributed by atoms with Crippen LogP contribution in [0.25, 0.3) is 0 Å². The van der Waals surface area contributed by atoms with Crippen molar-refractivity contribution in [2.24, 2.45) is 0 Å². The van der Waals surface area contributed by atoms with Crippen LogP contribution in [0.2, 0.25) is 0 Å². The second-order valence-electron chi connectivity index (χ2n) is 4.02. The Balaban J connectivity index is 0.00000225. The Kier molecular flexibility index (Phi) is 8.61. The van der Waals surface area contributed by atoms with Gasteiger partial charge in [0.25, 0.3) is 0 Å². The molecular formula is C11H23ClN2O2. The lowest BCUT2D eigenvalue weighted by Crippen LogP contribution is -2.41. The van der Waals surface area contributed by atoms with Crippen LogP contribution in [0.4, 0.5) is 0 Å². The predicted molar refractivity (Wildman–Crippen MR) is 67.0 cm³/mol. The predicted octanol–water partition coefficient (Wildman–Crippen LogP) is 1.05. The third-order valence-corrected chi connectivity index (χ3v) is 2.91. The molecule has 1 aliphatic rings. The molecular weight excluding hydrogens is 228 g/mol. The lowest BCUT2D eigenvalue weighted by Gasteiger charge is -2.31. The zero-order valence-corrected chi connectivity index (χ0v) is 11.0. The molecule has 0 aromatic carbocycles. The standard InChI is InChI=1S/C11H22N2O2.ClH/c1-3-15-11(14)6-9-13(2)10-4-7-12-8-5-10;/h10,12H,3-9H2,1-2H3;1H. The van der Waals surface area contributed by atoms with Gasteiger partial charge in [-0.15, -0.1) is 12.4 Å². The minimum Gasteiger partial charge on any atom is -0.466 e. The van der Waals surface area contributed by atoms with E-state index in [-0.39, 0.29) is 18.4 Å². The molecule has 16 heavy (non-hydrogen) atoms. The van der Waals surface area contributed by atoms with Gasteiger partial charge in [0.05, 0.1) is 13.0 Å². The van der Waals surface area contributed by atoms with Gasteiger partial charge in [-0.25, -0.2) is 0 Å². The number of hydrogen-bond donors (Lipinski definition) is 1. The molecule has 1 fully saturated rings. The van der Waals surface area contributed by atoms with Gasteiger partial charge < -0.3 is 15.0 Å². The molecule has 0 spiro atoms. The van der Waals surface area contributed by atoms with Crippen LogP contribution in [-0.2, 0) is 9.53 Å². The summed E-state index contributed by atoms with van der Waals surface area (Å²) in [7, 11) is 2.09. The average Bonchev–Trinajstić information content (AvgIpc) is 2.27. The summed E-state index contributed by atoms with van der Waals surface area (Å²) in [5.41, 5.74) is 0. The fourth-order valence-corrected chi connectivity index (χ4v) is 1.93.